The molecule has 5 nitrogen and oxygen atoms in total. The second-order valence-corrected chi connectivity index (χ2v) is 7.22. The molecule has 146 valence electrons. The van der Waals surface area contributed by atoms with Gasteiger partial charge in [-0.15, -0.1) is 11.3 Å². The van der Waals surface area contributed by atoms with Crippen LogP contribution in [0, 0.1) is 6.92 Å². The van der Waals surface area contributed by atoms with Gasteiger partial charge >= 0.3 is 0 Å². The van der Waals surface area contributed by atoms with Crippen LogP contribution in [0.1, 0.15) is 43.5 Å². The van der Waals surface area contributed by atoms with Crippen molar-refractivity contribution in [3.8, 4) is 11.3 Å². The number of carbonyl (C=O) groups excluding carboxylic acids is 2. The molecule has 0 aliphatic rings. The third-order valence-electron chi connectivity index (χ3n) is 4.19. The van der Waals surface area contributed by atoms with Gasteiger partial charge in [-0.3, -0.25) is 9.59 Å². The summed E-state index contributed by atoms with van der Waals surface area (Å²) in [6.07, 6.45) is 9.45. The number of nitrogens with zero attached hydrogens (tertiary/aromatic N) is 1. The van der Waals surface area contributed by atoms with Crippen LogP contribution in [0.15, 0.2) is 47.7 Å². The molecule has 0 amide bonds. The van der Waals surface area contributed by atoms with Gasteiger partial charge in [0.15, 0.2) is 11.6 Å². The van der Waals surface area contributed by atoms with Crippen molar-refractivity contribution < 1.29 is 9.59 Å². The quantitative estimate of drug-likeness (QED) is 0.495. The average molecular weight is 396 g/mol. The van der Waals surface area contributed by atoms with Crippen LogP contribution in [-0.4, -0.2) is 21.5 Å². The zero-order valence-corrected chi connectivity index (χ0v) is 17.4. The van der Waals surface area contributed by atoms with Gasteiger partial charge in [0.05, 0.1) is 11.3 Å². The van der Waals surface area contributed by atoms with Crippen molar-refractivity contribution in [1.29, 1.82) is 0 Å². The van der Waals surface area contributed by atoms with Gasteiger partial charge in [0, 0.05) is 39.7 Å². The van der Waals surface area contributed by atoms with E-state index in [0.717, 1.165) is 22.5 Å². The highest BCUT2D eigenvalue weighted by Crippen LogP contribution is 2.31. The molecule has 0 fully saturated rings. The number of hydrogen-bond donors (Lipinski definition) is 2. The number of aromatic nitrogens is 2. The van der Waals surface area contributed by atoms with Crippen molar-refractivity contribution in [2.45, 2.75) is 34.1 Å². The first-order chi connectivity index (χ1) is 13.3. The smallest absolute Gasteiger partial charge is 0.162 e. The number of nitrogens with one attached hydrogen (secondary N) is 1. The Morgan fingerprint density at radius 3 is 2.61 bits per heavy atom. The first kappa shape index (κ1) is 21.3. The molecule has 2 rings (SSSR count). The van der Waals surface area contributed by atoms with Crippen molar-refractivity contribution in [1.82, 2.24) is 9.97 Å². The minimum absolute atomic E-state index is 0.0778. The maximum Gasteiger partial charge on any atom is 0.162 e. The Labute approximate surface area is 169 Å². The normalized spacial score (nSPS) is 12.9. The molecule has 0 aliphatic heterocycles. The van der Waals surface area contributed by atoms with Crippen LogP contribution in [0.25, 0.3) is 22.9 Å². The lowest BCUT2D eigenvalue weighted by Crippen LogP contribution is -2.00. The van der Waals surface area contributed by atoms with E-state index in [1.54, 1.807) is 12.2 Å². The fraction of sp³-hybridized carbons (Fsp3) is 0.227. The SMILES string of the molecule is C=C/C(N)=C\c1c(-c2csc(/C(=C/C(=C\CC)C(C)=O)C(C)=O)n2)c[nH]c1C. The van der Waals surface area contributed by atoms with E-state index in [9.17, 15) is 9.59 Å². The number of ketones is 2. The minimum atomic E-state index is -0.134. The second kappa shape index (κ2) is 9.28. The first-order valence-corrected chi connectivity index (χ1v) is 9.84. The molecule has 0 atom stereocenters. The highest BCUT2D eigenvalue weighted by atomic mass is 32.1. The Hall–Kier alpha value is -2.99. The molecule has 0 saturated carbocycles. The van der Waals surface area contributed by atoms with E-state index in [1.165, 1.54) is 25.2 Å². The van der Waals surface area contributed by atoms with Crippen molar-refractivity contribution >= 4 is 34.6 Å². The summed E-state index contributed by atoms with van der Waals surface area (Å²) in [6, 6.07) is 0. The zero-order chi connectivity index (χ0) is 20.8. The lowest BCUT2D eigenvalue weighted by molar-refractivity contribution is -0.113. The van der Waals surface area contributed by atoms with Crippen LogP contribution in [0.4, 0.5) is 0 Å². The molecule has 0 unspecified atom stereocenters. The van der Waals surface area contributed by atoms with Crippen molar-refractivity contribution in [3.63, 3.8) is 0 Å². The van der Waals surface area contributed by atoms with Gasteiger partial charge in [-0.05, 0) is 45.4 Å². The molecule has 2 heterocycles. The number of aromatic amines is 1. The molecule has 0 aromatic carbocycles. The molecule has 0 bridgehead atoms. The molecule has 0 saturated heterocycles. The maximum atomic E-state index is 12.2. The van der Waals surface area contributed by atoms with Gasteiger partial charge < -0.3 is 10.7 Å². The van der Waals surface area contributed by atoms with Crippen molar-refractivity contribution in [3.05, 3.63) is 63.9 Å². The number of thiazole rings is 1. The highest BCUT2D eigenvalue weighted by Gasteiger charge is 2.17. The summed E-state index contributed by atoms with van der Waals surface area (Å²) in [7, 11) is 0. The summed E-state index contributed by atoms with van der Waals surface area (Å²) < 4.78 is 0. The Kier molecular flexibility index (Phi) is 7.06. The number of H-pyrrole nitrogens is 1. The molecule has 28 heavy (non-hydrogen) atoms. The standard InChI is InChI=1S/C22H25N3O2S/c1-6-8-16(14(4)26)9-19(15(5)27)22-25-21(12-28-22)20-11-24-13(3)18(20)10-17(23)7-2/h7-12,24H,2,6,23H2,1,3-5H3/b16-8+,17-10+,19-9+. The maximum absolute atomic E-state index is 12.2. The first-order valence-electron chi connectivity index (χ1n) is 8.96. The molecule has 2 aromatic rings. The van der Waals surface area contributed by atoms with Gasteiger partial charge in [0.1, 0.15) is 5.01 Å². The van der Waals surface area contributed by atoms with E-state index in [0.29, 0.717) is 28.3 Å². The van der Waals surface area contributed by atoms with Crippen LogP contribution in [-0.2, 0) is 9.59 Å². The average Bonchev–Trinajstić information content (AvgIpc) is 3.25. The van der Waals surface area contributed by atoms with E-state index in [2.05, 4.69) is 16.5 Å². The van der Waals surface area contributed by atoms with E-state index in [-0.39, 0.29) is 11.6 Å². The number of nitrogens with two attached hydrogens (primary N) is 1. The summed E-state index contributed by atoms with van der Waals surface area (Å²) in [5, 5.41) is 2.48. The molecule has 0 radical (unpaired) electrons. The van der Waals surface area contributed by atoms with Crippen LogP contribution < -0.4 is 5.73 Å². The third-order valence-corrected chi connectivity index (χ3v) is 5.07. The molecule has 0 spiro atoms. The van der Waals surface area contributed by atoms with E-state index in [1.807, 2.05) is 37.6 Å². The number of hydrogen-bond acceptors (Lipinski definition) is 5. The van der Waals surface area contributed by atoms with Crippen molar-refractivity contribution in [2.75, 3.05) is 0 Å². The van der Waals surface area contributed by atoms with Crippen LogP contribution in [0.3, 0.4) is 0 Å². The summed E-state index contributed by atoms with van der Waals surface area (Å²) >= 11 is 1.37. The van der Waals surface area contributed by atoms with Crippen LogP contribution in [0.5, 0.6) is 0 Å². The van der Waals surface area contributed by atoms with Gasteiger partial charge in [-0.2, -0.15) is 0 Å². The largest absolute Gasteiger partial charge is 0.399 e. The Bertz CT molecular complexity index is 1000. The number of rotatable bonds is 8. The van der Waals surface area contributed by atoms with E-state index in [4.69, 9.17) is 5.73 Å². The molecular weight excluding hydrogens is 370 g/mol. The second-order valence-electron chi connectivity index (χ2n) is 6.37. The summed E-state index contributed by atoms with van der Waals surface area (Å²) in [5.74, 6) is -0.212. The van der Waals surface area contributed by atoms with E-state index < -0.39 is 0 Å². The Morgan fingerprint density at radius 2 is 2.04 bits per heavy atom. The number of carbonyl (C=O) groups is 2. The van der Waals surface area contributed by atoms with Crippen molar-refractivity contribution in [2.24, 2.45) is 5.73 Å². The molecular formula is C22H25N3O2S. The third kappa shape index (κ3) is 4.84. The van der Waals surface area contributed by atoms with Gasteiger partial charge in [-0.1, -0.05) is 19.6 Å². The minimum Gasteiger partial charge on any atom is -0.399 e. The van der Waals surface area contributed by atoms with Crippen LogP contribution in [0.2, 0.25) is 0 Å². The predicted octanol–water partition coefficient (Wildman–Crippen LogP) is 4.83. The highest BCUT2D eigenvalue weighted by molar-refractivity contribution is 7.11. The Morgan fingerprint density at radius 1 is 1.32 bits per heavy atom. The zero-order valence-electron chi connectivity index (χ0n) is 16.6. The number of aryl methyl sites for hydroxylation is 1. The fourth-order valence-electron chi connectivity index (χ4n) is 2.68. The lowest BCUT2D eigenvalue weighted by Gasteiger charge is -2.02. The van der Waals surface area contributed by atoms with E-state index >= 15 is 0 Å². The molecule has 6 heteroatoms. The van der Waals surface area contributed by atoms with Gasteiger partial charge in [0.2, 0.25) is 0 Å². The lowest BCUT2D eigenvalue weighted by atomic mass is 10.0. The molecule has 2 aromatic heterocycles. The molecule has 3 N–H and O–H groups in total. The number of allylic oxidation sites excluding steroid dienone is 5. The Balaban J connectivity index is 2.53. The summed E-state index contributed by atoms with van der Waals surface area (Å²) in [4.78, 5) is 31.9. The van der Waals surface area contributed by atoms with Gasteiger partial charge in [0.25, 0.3) is 0 Å². The summed E-state index contributed by atoms with van der Waals surface area (Å²) in [6.45, 7) is 10.6. The van der Waals surface area contributed by atoms with Crippen LogP contribution >= 0.6 is 11.3 Å². The molecule has 0 aliphatic carbocycles. The monoisotopic (exact) mass is 395 g/mol. The van der Waals surface area contributed by atoms with Gasteiger partial charge in [-0.25, -0.2) is 4.98 Å². The fourth-order valence-corrected chi connectivity index (χ4v) is 3.56. The number of Topliss-reactive ketones (excluding diaryl/α,β-unsaturated/α-hetero) is 2. The topological polar surface area (TPSA) is 88.8 Å². The summed E-state index contributed by atoms with van der Waals surface area (Å²) in [5.41, 5.74) is 10.9. The predicted molar refractivity (Wildman–Crippen MR) is 117 cm³/mol.